The zero-order valence-corrected chi connectivity index (χ0v) is 37.3. The van der Waals surface area contributed by atoms with Gasteiger partial charge >= 0.3 is 0 Å². The van der Waals surface area contributed by atoms with E-state index in [1.807, 2.05) is 91.0 Å². The molecule has 2 N–H and O–H groups in total. The first-order valence-corrected chi connectivity index (χ1v) is 24.1. The summed E-state index contributed by atoms with van der Waals surface area (Å²) in [7, 11) is -2.77. The smallest absolute Gasteiger partial charge is 0.257 e. The fourth-order valence-corrected chi connectivity index (χ4v) is 10.7. The summed E-state index contributed by atoms with van der Waals surface area (Å²) < 4.78 is 52.8. The van der Waals surface area contributed by atoms with Crippen LogP contribution in [0.4, 0.5) is 0 Å². The van der Waals surface area contributed by atoms with Crippen molar-refractivity contribution in [1.82, 2.24) is 4.90 Å². The molecule has 13 nitrogen and oxygen atoms in total. The maximum Gasteiger partial charge on any atom is 0.257 e. The number of carbonyl (C=O) groups is 2. The van der Waals surface area contributed by atoms with Gasteiger partial charge in [-0.15, -0.1) is 0 Å². The van der Waals surface area contributed by atoms with E-state index in [9.17, 15) is 19.8 Å². The normalized spacial score (nSPS) is 31.2. The Morgan fingerprint density at radius 3 is 1.93 bits per heavy atom. The second-order valence-electron chi connectivity index (χ2n) is 17.8. The van der Waals surface area contributed by atoms with Crippen LogP contribution in [-0.2, 0) is 60.4 Å². The van der Waals surface area contributed by atoms with Gasteiger partial charge in [-0.25, -0.2) is 0 Å². The van der Waals surface area contributed by atoms with Crippen molar-refractivity contribution >= 4 is 20.1 Å². The van der Waals surface area contributed by atoms with Crippen LogP contribution in [0.3, 0.4) is 0 Å². The lowest BCUT2D eigenvalue weighted by Gasteiger charge is -2.53. The number of ether oxygens (including phenoxy) is 7. The summed E-state index contributed by atoms with van der Waals surface area (Å²) in [4.78, 5) is 29.7. The van der Waals surface area contributed by atoms with Gasteiger partial charge in [0.15, 0.2) is 27.2 Å². The Bertz CT molecular complexity index is 1950. The van der Waals surface area contributed by atoms with Crippen molar-refractivity contribution in [2.45, 2.75) is 141 Å². The Morgan fingerprint density at radius 2 is 1.34 bits per heavy atom. The fourth-order valence-electron chi connectivity index (χ4n) is 8.19. The van der Waals surface area contributed by atoms with Crippen LogP contribution >= 0.6 is 0 Å². The second kappa shape index (κ2) is 19.0. The fraction of sp³-hybridized carbons (Fsp3) is 0.532. The third-order valence-electron chi connectivity index (χ3n) is 13.3. The Hall–Kier alpha value is -3.64. The third-order valence-corrected chi connectivity index (χ3v) is 17.8. The van der Waals surface area contributed by atoms with Crippen molar-refractivity contribution < 1.29 is 57.4 Å². The number of aliphatic hydroxyl groups is 2. The molecule has 330 valence electrons. The number of rotatable bonds is 15. The van der Waals surface area contributed by atoms with Crippen molar-refractivity contribution in [2.24, 2.45) is 5.92 Å². The average Bonchev–Trinajstić information content (AvgIpc) is 3.44. The topological polar surface area (TPSA) is 152 Å². The van der Waals surface area contributed by atoms with Crippen molar-refractivity contribution in [3.05, 3.63) is 119 Å². The predicted octanol–water partition coefficient (Wildman–Crippen LogP) is 6.19. The molecule has 3 aromatic rings. The Labute approximate surface area is 360 Å². The maximum atomic E-state index is 14.3. The molecule has 0 saturated carbocycles. The van der Waals surface area contributed by atoms with Crippen LogP contribution in [0.15, 0.2) is 102 Å². The van der Waals surface area contributed by atoms with Gasteiger partial charge in [0, 0.05) is 16.7 Å². The summed E-state index contributed by atoms with van der Waals surface area (Å²) in [5.41, 5.74) is 3.14. The number of nitrogens with zero attached hydrogens (tertiary/aromatic N) is 1. The lowest BCUT2D eigenvalue weighted by atomic mass is 9.93. The van der Waals surface area contributed by atoms with Crippen LogP contribution in [0, 0.1) is 5.92 Å². The van der Waals surface area contributed by atoms with Crippen LogP contribution in [0.5, 0.6) is 0 Å². The van der Waals surface area contributed by atoms with Gasteiger partial charge in [-0.2, -0.15) is 0 Å². The number of aliphatic hydroxyl groups excluding tert-OH is 2. The van der Waals surface area contributed by atoms with Crippen LogP contribution in [-0.4, -0.2) is 110 Å². The van der Waals surface area contributed by atoms with Crippen molar-refractivity contribution in [2.75, 3.05) is 13.2 Å². The van der Waals surface area contributed by atoms with Gasteiger partial charge in [0.05, 0.1) is 26.4 Å². The highest BCUT2D eigenvalue weighted by Crippen LogP contribution is 2.47. The summed E-state index contributed by atoms with van der Waals surface area (Å²) in [5.74, 6) is -0.760. The molecule has 7 rings (SSSR count). The van der Waals surface area contributed by atoms with Crippen molar-refractivity contribution in [1.29, 1.82) is 0 Å². The predicted molar refractivity (Wildman–Crippen MR) is 227 cm³/mol. The summed E-state index contributed by atoms with van der Waals surface area (Å²) in [6, 6.07) is 27.4. The molecular formula is C47H61NO12Si. The van der Waals surface area contributed by atoms with E-state index in [-0.39, 0.29) is 37.4 Å². The zero-order valence-electron chi connectivity index (χ0n) is 36.3. The molecule has 2 amide bonds. The molecule has 4 aliphatic heterocycles. The van der Waals surface area contributed by atoms with E-state index < -0.39 is 87.8 Å². The molecule has 4 heterocycles. The highest BCUT2D eigenvalue weighted by molar-refractivity contribution is 6.74. The summed E-state index contributed by atoms with van der Waals surface area (Å²) in [5, 5.41) is 23.1. The van der Waals surface area contributed by atoms with Gasteiger partial charge in [0.2, 0.25) is 0 Å². The molecule has 0 aromatic heterocycles. The van der Waals surface area contributed by atoms with Gasteiger partial charge in [-0.3, -0.25) is 14.5 Å². The number of carbonyl (C=O) groups excluding carboxylic acids is 2. The quantitative estimate of drug-likeness (QED) is 0.133. The van der Waals surface area contributed by atoms with E-state index in [4.69, 9.17) is 37.6 Å². The van der Waals surface area contributed by atoms with E-state index in [1.165, 1.54) is 4.90 Å². The molecule has 4 aliphatic rings. The monoisotopic (exact) mass is 859 g/mol. The molecule has 0 aliphatic carbocycles. The van der Waals surface area contributed by atoms with Crippen LogP contribution < -0.4 is 0 Å². The number of hydrogen-bond donors (Lipinski definition) is 2. The van der Waals surface area contributed by atoms with Gasteiger partial charge in [0.1, 0.15) is 48.8 Å². The average molecular weight is 860 g/mol. The first kappa shape index (κ1) is 45.4. The van der Waals surface area contributed by atoms with Gasteiger partial charge < -0.3 is 47.8 Å². The van der Waals surface area contributed by atoms with Gasteiger partial charge in [-0.1, -0.05) is 119 Å². The molecule has 0 spiro atoms. The maximum absolute atomic E-state index is 14.3. The van der Waals surface area contributed by atoms with E-state index in [2.05, 4.69) is 40.8 Å². The van der Waals surface area contributed by atoms with Crippen LogP contribution in [0.1, 0.15) is 64.5 Å². The second-order valence-corrected chi connectivity index (χ2v) is 22.4. The molecule has 0 unspecified atom stereocenters. The number of benzene rings is 3. The minimum Gasteiger partial charge on any atom is -0.391 e. The van der Waals surface area contributed by atoms with Crippen molar-refractivity contribution in [3.8, 4) is 0 Å². The molecular weight excluding hydrogens is 799 g/mol. The van der Waals surface area contributed by atoms with E-state index >= 15 is 0 Å². The number of amides is 2. The Kier molecular flexibility index (Phi) is 14.1. The molecule has 14 heteroatoms. The zero-order chi connectivity index (χ0) is 43.6. The van der Waals surface area contributed by atoms with Gasteiger partial charge in [0.25, 0.3) is 11.8 Å². The highest BCUT2D eigenvalue weighted by Gasteiger charge is 2.59. The minimum absolute atomic E-state index is 0.0342. The number of imide groups is 1. The van der Waals surface area contributed by atoms with Crippen LogP contribution in [0.25, 0.3) is 0 Å². The lowest BCUT2D eigenvalue weighted by molar-refractivity contribution is -0.382. The van der Waals surface area contributed by atoms with Gasteiger partial charge in [-0.05, 0) is 49.0 Å². The first-order chi connectivity index (χ1) is 29.1. The molecule has 0 radical (unpaired) electrons. The largest absolute Gasteiger partial charge is 0.391 e. The minimum atomic E-state index is -2.77. The lowest BCUT2D eigenvalue weighted by Crippen LogP contribution is -2.70. The standard InChI is InChI=1S/C47H61NO12Si/c1-28(2)47(5,6)61(7,8)60-45-36(48-42(51)29(3)30(4)43(48)52)41(54-25-32-20-14-10-15-21-32)40(34(56-45)26-53-24-31-18-12-9-13-19-31)59-46-38(50)37(49)39-35(57-46)27-55-44(58-39)33-22-16-11-17-23-33/h9-23,28,34-41,44-46,49-50H,24-27H2,1-8H3/t34-,35-,36-,37-,38-,39-,40-,41-,44-,45+,46+/m1/s1. The van der Waals surface area contributed by atoms with E-state index in [1.54, 1.807) is 13.8 Å². The van der Waals surface area contributed by atoms with Crippen molar-refractivity contribution in [3.63, 3.8) is 0 Å². The molecule has 11 atom stereocenters. The molecule has 0 bridgehead atoms. The summed E-state index contributed by atoms with van der Waals surface area (Å²) in [6.07, 6.45) is -11.4. The molecule has 3 aromatic carbocycles. The van der Waals surface area contributed by atoms with E-state index in [0.29, 0.717) is 11.1 Å². The Morgan fingerprint density at radius 1 is 0.770 bits per heavy atom. The molecule has 3 fully saturated rings. The molecule has 3 saturated heterocycles. The first-order valence-electron chi connectivity index (χ1n) is 21.2. The summed E-state index contributed by atoms with van der Waals surface area (Å²) >= 11 is 0. The number of hydrogen-bond acceptors (Lipinski definition) is 12. The van der Waals surface area contributed by atoms with E-state index in [0.717, 1.165) is 16.7 Å². The molecule has 61 heavy (non-hydrogen) atoms. The summed E-state index contributed by atoms with van der Waals surface area (Å²) in [6.45, 7) is 16.4. The van der Waals surface area contributed by atoms with Crippen LogP contribution in [0.2, 0.25) is 18.1 Å². The highest BCUT2D eigenvalue weighted by atomic mass is 28.4. The SMILES string of the molecule is CC1=C(C)C(=O)N([C@H]2[C@H](O[Si](C)(C)C(C)(C)C(C)C)O[C@H](COCc3ccccc3)[C@@H](O[C@@H]3O[C@@H]4CO[C@@H](c5ccccc5)O[C@H]4[C@H](O)[C@H]3O)[C@@H]2OCc2ccccc2)C1=O. The Balaban J connectivity index is 1.27. The third kappa shape index (κ3) is 9.51. The number of fused-ring (bicyclic) bond motifs is 1.